The zero-order chi connectivity index (χ0) is 16.9. The molecule has 3 rings (SSSR count). The normalized spacial score (nSPS) is 21.7. The Labute approximate surface area is 142 Å². The molecule has 1 N–H and O–H groups in total. The van der Waals surface area contributed by atoms with Crippen molar-refractivity contribution < 1.29 is 14.3 Å². The number of carbonyl (C=O) groups excluding carboxylic acids is 2. The molecule has 2 aliphatic heterocycles. The zero-order valence-electron chi connectivity index (χ0n) is 14.2. The zero-order valence-corrected chi connectivity index (χ0v) is 14.2. The standard InChI is InChI=1S/C18H25N3O3/c1-2-24-16-7-5-14(6-8-16)18(23)20-10-3-4-15(13-20)21-11-9-19-12-17(21)22/h5-8,15,19H,2-4,9-13H2,1H3. The second-order valence-corrected chi connectivity index (χ2v) is 6.27. The summed E-state index contributed by atoms with van der Waals surface area (Å²) in [4.78, 5) is 28.6. The van der Waals surface area contributed by atoms with E-state index < -0.39 is 0 Å². The molecule has 2 heterocycles. The summed E-state index contributed by atoms with van der Waals surface area (Å²) in [5.41, 5.74) is 0.672. The predicted molar refractivity (Wildman–Crippen MR) is 91.1 cm³/mol. The smallest absolute Gasteiger partial charge is 0.253 e. The molecule has 1 aromatic carbocycles. The summed E-state index contributed by atoms with van der Waals surface area (Å²) in [6.07, 6.45) is 1.91. The average molecular weight is 331 g/mol. The van der Waals surface area contributed by atoms with Crippen LogP contribution in [0.1, 0.15) is 30.1 Å². The molecule has 2 fully saturated rings. The molecule has 130 valence electrons. The van der Waals surface area contributed by atoms with E-state index in [4.69, 9.17) is 4.74 Å². The molecule has 1 unspecified atom stereocenters. The largest absolute Gasteiger partial charge is 0.494 e. The third kappa shape index (κ3) is 3.70. The van der Waals surface area contributed by atoms with E-state index in [2.05, 4.69) is 5.32 Å². The second kappa shape index (κ2) is 7.66. The van der Waals surface area contributed by atoms with Crippen molar-refractivity contribution in [2.75, 3.05) is 39.3 Å². The summed E-state index contributed by atoms with van der Waals surface area (Å²) in [5, 5.41) is 3.10. The van der Waals surface area contributed by atoms with Crippen molar-refractivity contribution in [3.63, 3.8) is 0 Å². The number of nitrogens with one attached hydrogen (secondary N) is 1. The van der Waals surface area contributed by atoms with Crippen LogP contribution in [-0.2, 0) is 4.79 Å². The number of rotatable bonds is 4. The Morgan fingerprint density at radius 3 is 2.79 bits per heavy atom. The summed E-state index contributed by atoms with van der Waals surface area (Å²) < 4.78 is 5.42. The van der Waals surface area contributed by atoms with Crippen molar-refractivity contribution >= 4 is 11.8 Å². The first-order valence-corrected chi connectivity index (χ1v) is 8.71. The van der Waals surface area contributed by atoms with Gasteiger partial charge >= 0.3 is 0 Å². The topological polar surface area (TPSA) is 61.9 Å². The average Bonchev–Trinajstić information content (AvgIpc) is 2.62. The number of likely N-dealkylation sites (tertiary alicyclic amines) is 1. The Bertz CT molecular complexity index is 588. The van der Waals surface area contributed by atoms with Gasteiger partial charge in [0, 0.05) is 37.8 Å². The van der Waals surface area contributed by atoms with E-state index in [1.54, 1.807) is 0 Å². The molecular formula is C18H25N3O3. The number of hydrogen-bond acceptors (Lipinski definition) is 4. The van der Waals surface area contributed by atoms with Crippen LogP contribution in [0.25, 0.3) is 0 Å². The van der Waals surface area contributed by atoms with Gasteiger partial charge in [-0.25, -0.2) is 0 Å². The first kappa shape index (κ1) is 16.8. The van der Waals surface area contributed by atoms with Crippen LogP contribution in [-0.4, -0.2) is 67.0 Å². The number of hydrogen-bond donors (Lipinski definition) is 1. The van der Waals surface area contributed by atoms with Gasteiger partial charge in [-0.2, -0.15) is 0 Å². The Hall–Kier alpha value is -2.08. The second-order valence-electron chi connectivity index (χ2n) is 6.27. The van der Waals surface area contributed by atoms with Gasteiger partial charge in [0.15, 0.2) is 0 Å². The number of amides is 2. The lowest BCUT2D eigenvalue weighted by molar-refractivity contribution is -0.135. The lowest BCUT2D eigenvalue weighted by Gasteiger charge is -2.41. The van der Waals surface area contributed by atoms with Crippen molar-refractivity contribution in [2.24, 2.45) is 0 Å². The number of piperidine rings is 1. The van der Waals surface area contributed by atoms with Crippen molar-refractivity contribution in [2.45, 2.75) is 25.8 Å². The molecule has 1 aromatic rings. The molecule has 0 aliphatic carbocycles. The van der Waals surface area contributed by atoms with Crippen molar-refractivity contribution in [1.82, 2.24) is 15.1 Å². The lowest BCUT2D eigenvalue weighted by Crippen LogP contribution is -2.57. The van der Waals surface area contributed by atoms with E-state index in [1.165, 1.54) is 0 Å². The van der Waals surface area contributed by atoms with Crippen molar-refractivity contribution in [3.05, 3.63) is 29.8 Å². The fourth-order valence-corrected chi connectivity index (χ4v) is 3.44. The van der Waals surface area contributed by atoms with Crippen LogP contribution in [0.2, 0.25) is 0 Å². The predicted octanol–water partition coefficient (Wildman–Crippen LogP) is 1.12. The molecule has 6 nitrogen and oxygen atoms in total. The number of ether oxygens (including phenoxy) is 1. The van der Waals surface area contributed by atoms with Gasteiger partial charge in [-0.1, -0.05) is 0 Å². The summed E-state index contributed by atoms with van der Waals surface area (Å²) in [6.45, 7) is 5.89. The minimum absolute atomic E-state index is 0.0327. The van der Waals surface area contributed by atoms with Crippen molar-refractivity contribution in [1.29, 1.82) is 0 Å². The maximum absolute atomic E-state index is 12.7. The van der Waals surface area contributed by atoms with Crippen LogP contribution >= 0.6 is 0 Å². The van der Waals surface area contributed by atoms with E-state index >= 15 is 0 Å². The minimum Gasteiger partial charge on any atom is -0.494 e. The molecule has 0 saturated carbocycles. The molecule has 2 amide bonds. The van der Waals surface area contributed by atoms with Gasteiger partial charge in [-0.05, 0) is 44.0 Å². The monoisotopic (exact) mass is 331 g/mol. The summed E-state index contributed by atoms with van der Waals surface area (Å²) in [7, 11) is 0. The lowest BCUT2D eigenvalue weighted by atomic mass is 10.0. The molecule has 24 heavy (non-hydrogen) atoms. The van der Waals surface area contributed by atoms with Gasteiger partial charge in [0.05, 0.1) is 13.2 Å². The van der Waals surface area contributed by atoms with E-state index in [0.29, 0.717) is 25.3 Å². The molecular weight excluding hydrogens is 306 g/mol. The number of benzene rings is 1. The number of piperazine rings is 1. The highest BCUT2D eigenvalue weighted by atomic mass is 16.5. The molecule has 1 atom stereocenters. The van der Waals surface area contributed by atoms with E-state index in [9.17, 15) is 9.59 Å². The summed E-state index contributed by atoms with van der Waals surface area (Å²) >= 11 is 0. The van der Waals surface area contributed by atoms with Gasteiger partial charge in [0.25, 0.3) is 5.91 Å². The van der Waals surface area contributed by atoms with Crippen LogP contribution in [0.15, 0.2) is 24.3 Å². The number of carbonyl (C=O) groups is 2. The first-order valence-electron chi connectivity index (χ1n) is 8.71. The summed E-state index contributed by atoms with van der Waals surface area (Å²) in [6, 6.07) is 7.43. The molecule has 0 spiro atoms. The Morgan fingerprint density at radius 1 is 1.29 bits per heavy atom. The molecule has 0 bridgehead atoms. The molecule has 2 saturated heterocycles. The van der Waals surface area contributed by atoms with Crippen LogP contribution in [0.4, 0.5) is 0 Å². The molecule has 6 heteroatoms. The van der Waals surface area contributed by atoms with E-state index in [-0.39, 0.29) is 17.9 Å². The minimum atomic E-state index is 0.0327. The highest BCUT2D eigenvalue weighted by molar-refractivity contribution is 5.94. The van der Waals surface area contributed by atoms with Crippen molar-refractivity contribution in [3.8, 4) is 5.75 Å². The summed E-state index contributed by atoms with van der Waals surface area (Å²) in [5.74, 6) is 0.948. The number of nitrogens with zero attached hydrogens (tertiary/aromatic N) is 2. The highest BCUT2D eigenvalue weighted by Gasteiger charge is 2.31. The van der Waals surface area contributed by atoms with Crippen LogP contribution in [0.3, 0.4) is 0 Å². The van der Waals surface area contributed by atoms with Gasteiger partial charge in [-0.3, -0.25) is 9.59 Å². The molecule has 0 radical (unpaired) electrons. The third-order valence-electron chi connectivity index (χ3n) is 4.66. The van der Waals surface area contributed by atoms with E-state index in [0.717, 1.165) is 38.2 Å². The quantitative estimate of drug-likeness (QED) is 0.898. The highest BCUT2D eigenvalue weighted by Crippen LogP contribution is 2.20. The fourth-order valence-electron chi connectivity index (χ4n) is 3.44. The van der Waals surface area contributed by atoms with Gasteiger partial charge < -0.3 is 19.9 Å². The molecule has 0 aromatic heterocycles. The van der Waals surface area contributed by atoms with Crippen LogP contribution < -0.4 is 10.1 Å². The van der Waals surface area contributed by atoms with Gasteiger partial charge in [0.1, 0.15) is 5.75 Å². The maximum Gasteiger partial charge on any atom is 0.253 e. The van der Waals surface area contributed by atoms with Crippen LogP contribution in [0.5, 0.6) is 5.75 Å². The van der Waals surface area contributed by atoms with Gasteiger partial charge in [0.2, 0.25) is 5.91 Å². The Morgan fingerprint density at radius 2 is 2.08 bits per heavy atom. The van der Waals surface area contributed by atoms with Crippen LogP contribution in [0, 0.1) is 0 Å². The Kier molecular flexibility index (Phi) is 5.35. The Balaban J connectivity index is 1.65. The fraction of sp³-hybridized carbons (Fsp3) is 0.556. The maximum atomic E-state index is 12.7. The first-order chi connectivity index (χ1) is 11.7. The SMILES string of the molecule is CCOc1ccc(C(=O)N2CCCC(N3CCNCC3=O)C2)cc1. The van der Waals surface area contributed by atoms with E-state index in [1.807, 2.05) is 41.0 Å². The van der Waals surface area contributed by atoms with Gasteiger partial charge in [-0.15, -0.1) is 0 Å². The molecule has 2 aliphatic rings. The third-order valence-corrected chi connectivity index (χ3v) is 4.66.